The van der Waals surface area contributed by atoms with Crippen LogP contribution in [0.25, 0.3) is 0 Å². The molecule has 4 aliphatic carbocycles. The second-order valence-corrected chi connectivity index (χ2v) is 10.9. The number of allylic oxidation sites excluding steroid dienone is 4. The summed E-state index contributed by atoms with van der Waals surface area (Å²) in [6, 6.07) is 0. The van der Waals surface area contributed by atoms with Crippen LogP contribution in [0.3, 0.4) is 0 Å². The third kappa shape index (κ3) is 2.34. The molecule has 5 aliphatic rings. The summed E-state index contributed by atoms with van der Waals surface area (Å²) < 4.78 is 12.6. The minimum Gasteiger partial charge on any atom is -0.393 e. The first-order valence-electron chi connectivity index (χ1n) is 11.1. The SMILES string of the molecule is CC1(C)O[C@@H]2C[C@H]3[C@@H]4CCC5=CC(=O)C=C[C@]5(C)[C@H]4[C@H](O)C[C@]3(C)[C@]2(C(=O)CO)O1. The van der Waals surface area contributed by atoms with E-state index >= 15 is 0 Å². The first kappa shape index (κ1) is 20.6. The fourth-order valence-corrected chi connectivity index (χ4v) is 8.04. The Labute approximate surface area is 177 Å². The van der Waals surface area contributed by atoms with Crippen LogP contribution >= 0.6 is 0 Å². The van der Waals surface area contributed by atoms with Crippen molar-refractivity contribution in [3.63, 3.8) is 0 Å². The van der Waals surface area contributed by atoms with Gasteiger partial charge in [0.05, 0.1) is 12.2 Å². The van der Waals surface area contributed by atoms with E-state index in [2.05, 4.69) is 6.92 Å². The van der Waals surface area contributed by atoms with Gasteiger partial charge in [-0.15, -0.1) is 0 Å². The molecule has 5 rings (SSSR count). The molecule has 8 atom stereocenters. The summed E-state index contributed by atoms with van der Waals surface area (Å²) in [4.78, 5) is 25.1. The van der Waals surface area contributed by atoms with Crippen molar-refractivity contribution in [2.24, 2.45) is 28.6 Å². The molecule has 0 spiro atoms. The van der Waals surface area contributed by atoms with Crippen molar-refractivity contribution in [1.82, 2.24) is 0 Å². The van der Waals surface area contributed by atoms with Crippen LogP contribution < -0.4 is 0 Å². The number of carbonyl (C=O) groups is 2. The van der Waals surface area contributed by atoms with Gasteiger partial charge in [-0.25, -0.2) is 0 Å². The van der Waals surface area contributed by atoms with Crippen LogP contribution in [0.4, 0.5) is 0 Å². The molecule has 1 heterocycles. The third-order valence-corrected chi connectivity index (χ3v) is 9.05. The maximum Gasteiger partial charge on any atom is 0.193 e. The van der Waals surface area contributed by atoms with Gasteiger partial charge < -0.3 is 19.7 Å². The Morgan fingerprint density at radius 1 is 1.27 bits per heavy atom. The van der Waals surface area contributed by atoms with E-state index in [4.69, 9.17) is 9.47 Å². The van der Waals surface area contributed by atoms with Gasteiger partial charge in [-0.1, -0.05) is 25.5 Å². The number of rotatable bonds is 2. The lowest BCUT2D eigenvalue weighted by Crippen LogP contribution is -2.63. The largest absolute Gasteiger partial charge is 0.393 e. The molecule has 30 heavy (non-hydrogen) atoms. The molecule has 164 valence electrons. The minimum absolute atomic E-state index is 0.0167. The number of carbonyl (C=O) groups excluding carboxylic acids is 2. The van der Waals surface area contributed by atoms with Gasteiger partial charge in [-0.3, -0.25) is 9.59 Å². The Morgan fingerprint density at radius 2 is 2.00 bits per heavy atom. The average molecular weight is 417 g/mol. The van der Waals surface area contributed by atoms with Crippen LogP contribution in [-0.2, 0) is 19.1 Å². The second-order valence-electron chi connectivity index (χ2n) is 10.9. The normalized spacial score (nSPS) is 50.9. The molecule has 3 saturated carbocycles. The Hall–Kier alpha value is -1.34. The number of hydrogen-bond acceptors (Lipinski definition) is 6. The highest BCUT2D eigenvalue weighted by molar-refractivity contribution is 6.01. The molecule has 0 aromatic rings. The van der Waals surface area contributed by atoms with Crippen molar-refractivity contribution in [3.05, 3.63) is 23.8 Å². The lowest BCUT2D eigenvalue weighted by atomic mass is 9.46. The Bertz CT molecular complexity index is 873. The lowest BCUT2D eigenvalue weighted by Gasteiger charge is -2.59. The van der Waals surface area contributed by atoms with Crippen LogP contribution in [0, 0.1) is 28.6 Å². The Morgan fingerprint density at radius 3 is 2.70 bits per heavy atom. The van der Waals surface area contributed by atoms with Gasteiger partial charge in [0.2, 0.25) is 0 Å². The van der Waals surface area contributed by atoms with Gasteiger partial charge in [0.15, 0.2) is 23.0 Å². The topological polar surface area (TPSA) is 93.1 Å². The number of aliphatic hydroxyl groups is 2. The monoisotopic (exact) mass is 416 g/mol. The number of ketones is 2. The molecule has 6 heteroatoms. The van der Waals surface area contributed by atoms with Crippen molar-refractivity contribution < 1.29 is 29.3 Å². The predicted octanol–water partition coefficient (Wildman–Crippen LogP) is 2.33. The first-order chi connectivity index (χ1) is 14.0. The predicted molar refractivity (Wildman–Crippen MR) is 108 cm³/mol. The molecule has 0 aromatic heterocycles. The molecule has 0 amide bonds. The number of ether oxygens (including phenoxy) is 2. The number of fused-ring (bicyclic) bond motifs is 7. The zero-order chi connectivity index (χ0) is 21.7. The van der Waals surface area contributed by atoms with Gasteiger partial charge >= 0.3 is 0 Å². The lowest BCUT2D eigenvalue weighted by molar-refractivity contribution is -0.225. The summed E-state index contributed by atoms with van der Waals surface area (Å²) in [5, 5.41) is 21.3. The van der Waals surface area contributed by atoms with Gasteiger partial charge in [0.1, 0.15) is 6.61 Å². The van der Waals surface area contributed by atoms with Crippen molar-refractivity contribution >= 4 is 11.6 Å². The molecule has 1 aliphatic heterocycles. The van der Waals surface area contributed by atoms with Crippen molar-refractivity contribution in [1.29, 1.82) is 0 Å². The first-order valence-corrected chi connectivity index (χ1v) is 11.1. The summed E-state index contributed by atoms with van der Waals surface area (Å²) in [6.45, 7) is 7.19. The van der Waals surface area contributed by atoms with E-state index in [1.165, 1.54) is 0 Å². The van der Waals surface area contributed by atoms with E-state index in [9.17, 15) is 19.8 Å². The van der Waals surface area contributed by atoms with E-state index in [1.807, 2.05) is 13.0 Å². The van der Waals surface area contributed by atoms with E-state index in [-0.39, 0.29) is 34.7 Å². The molecule has 0 unspecified atom stereocenters. The van der Waals surface area contributed by atoms with Gasteiger partial charge in [0, 0.05) is 16.7 Å². The molecule has 0 aromatic carbocycles. The summed E-state index contributed by atoms with van der Waals surface area (Å²) in [7, 11) is 0. The Kier molecular flexibility index (Phi) is 4.20. The van der Waals surface area contributed by atoms with Crippen LogP contribution in [0.1, 0.15) is 53.4 Å². The summed E-state index contributed by atoms with van der Waals surface area (Å²) in [5.74, 6) is -0.947. The highest BCUT2D eigenvalue weighted by Gasteiger charge is 2.76. The molecular formula is C24H32O6. The molecule has 6 nitrogen and oxygen atoms in total. The zero-order valence-corrected chi connectivity index (χ0v) is 18.2. The van der Waals surface area contributed by atoms with Crippen LogP contribution in [0.5, 0.6) is 0 Å². The van der Waals surface area contributed by atoms with Crippen molar-refractivity contribution in [3.8, 4) is 0 Å². The highest BCUT2D eigenvalue weighted by atomic mass is 16.8. The molecule has 0 radical (unpaired) electrons. The number of Topliss-reactive ketones (excluding diaryl/α,β-unsaturated/α-hetero) is 1. The van der Waals surface area contributed by atoms with Gasteiger partial charge in [-0.2, -0.15) is 0 Å². The summed E-state index contributed by atoms with van der Waals surface area (Å²) in [6.07, 6.45) is 7.04. The molecule has 2 N–H and O–H groups in total. The van der Waals surface area contributed by atoms with Crippen LogP contribution in [0.15, 0.2) is 23.8 Å². The van der Waals surface area contributed by atoms with Crippen molar-refractivity contribution in [2.75, 3.05) is 6.61 Å². The standard InChI is InChI=1S/C24H32O6/c1-21(2)29-19-10-16-15-6-5-13-9-14(26)7-8-22(13,3)20(15)17(27)11-23(16,4)24(19,30-21)18(28)12-25/h7-9,15-17,19-20,25,27H,5-6,10-12H2,1-4H3/t15-,16-,17+,19+,20+,22-,23-,24+/m0/s1. The quantitative estimate of drug-likeness (QED) is 0.718. The summed E-state index contributed by atoms with van der Waals surface area (Å²) >= 11 is 0. The molecule has 0 bridgehead atoms. The van der Waals surface area contributed by atoms with Crippen molar-refractivity contribution in [2.45, 2.75) is 77.0 Å². The smallest absolute Gasteiger partial charge is 0.193 e. The maximum atomic E-state index is 13.2. The molecule has 1 saturated heterocycles. The molecule has 4 fully saturated rings. The number of hydrogen-bond donors (Lipinski definition) is 2. The van der Waals surface area contributed by atoms with E-state index < -0.39 is 35.6 Å². The zero-order valence-electron chi connectivity index (χ0n) is 18.2. The third-order valence-electron chi connectivity index (χ3n) is 9.05. The fraction of sp³-hybridized carbons (Fsp3) is 0.750. The van der Waals surface area contributed by atoms with Crippen LogP contribution in [0.2, 0.25) is 0 Å². The second kappa shape index (κ2) is 6.12. The van der Waals surface area contributed by atoms with Gasteiger partial charge in [0.25, 0.3) is 0 Å². The molecular weight excluding hydrogens is 384 g/mol. The fourth-order valence-electron chi connectivity index (χ4n) is 8.04. The maximum absolute atomic E-state index is 13.2. The van der Waals surface area contributed by atoms with E-state index in [1.54, 1.807) is 26.0 Å². The van der Waals surface area contributed by atoms with E-state index in [0.717, 1.165) is 18.4 Å². The average Bonchev–Trinajstić information content (AvgIpc) is 3.07. The Balaban J connectivity index is 1.59. The van der Waals surface area contributed by atoms with E-state index in [0.29, 0.717) is 12.8 Å². The summed E-state index contributed by atoms with van der Waals surface area (Å²) in [5.41, 5.74) is -1.12. The van der Waals surface area contributed by atoms with Gasteiger partial charge in [-0.05, 0) is 63.5 Å². The number of aliphatic hydroxyl groups excluding tert-OH is 2. The highest BCUT2D eigenvalue weighted by Crippen LogP contribution is 2.70. The minimum atomic E-state index is -1.24. The van der Waals surface area contributed by atoms with Crippen LogP contribution in [-0.4, -0.2) is 52.0 Å².